The van der Waals surface area contributed by atoms with Crippen LogP contribution in [-0.2, 0) is 14.3 Å². The van der Waals surface area contributed by atoms with Gasteiger partial charge in [0.25, 0.3) is 0 Å². The van der Waals surface area contributed by atoms with Gasteiger partial charge < -0.3 is 14.6 Å². The normalized spacial score (nSPS) is 28.0. The summed E-state index contributed by atoms with van der Waals surface area (Å²) in [5, 5.41) is 8.59. The molecule has 1 fully saturated rings. The van der Waals surface area contributed by atoms with Crippen molar-refractivity contribution in [2.24, 2.45) is 0 Å². The molecule has 1 heterocycles. The fourth-order valence-electron chi connectivity index (χ4n) is 1.36. The Morgan fingerprint density at radius 3 is 2.62 bits per heavy atom. The predicted octanol–water partition coefficient (Wildman–Crippen LogP) is 1.59. The van der Waals surface area contributed by atoms with Crippen LogP contribution in [0.1, 0.15) is 19.8 Å². The lowest BCUT2D eigenvalue weighted by atomic mass is 10.2. The summed E-state index contributed by atoms with van der Waals surface area (Å²) in [6, 6.07) is 0. The molecule has 1 rings (SSSR count). The summed E-state index contributed by atoms with van der Waals surface area (Å²) in [7, 11) is 0. The van der Waals surface area contributed by atoms with E-state index in [0.29, 0.717) is 12.8 Å². The first-order valence-electron chi connectivity index (χ1n) is 4.87. The van der Waals surface area contributed by atoms with Gasteiger partial charge >= 0.3 is 12.1 Å². The fraction of sp³-hybridized carbons (Fsp3) is 0.889. The molecule has 0 aromatic carbocycles. The molecule has 3 atom stereocenters. The van der Waals surface area contributed by atoms with Gasteiger partial charge in [0.15, 0.2) is 12.2 Å². The highest BCUT2D eigenvalue weighted by Gasteiger charge is 2.38. The maximum atomic E-state index is 12.1. The Kier molecular flexibility index (Phi) is 4.15. The van der Waals surface area contributed by atoms with Crippen LogP contribution in [0.5, 0.6) is 0 Å². The number of hydrogen-bond acceptors (Lipinski definition) is 3. The van der Waals surface area contributed by atoms with E-state index >= 15 is 0 Å². The Morgan fingerprint density at radius 1 is 1.56 bits per heavy atom. The highest BCUT2D eigenvalue weighted by atomic mass is 19.4. The molecule has 1 aliphatic heterocycles. The van der Waals surface area contributed by atoms with Gasteiger partial charge in [-0.3, -0.25) is 0 Å². The summed E-state index contributed by atoms with van der Waals surface area (Å²) in [6.07, 6.45) is -7.03. The lowest BCUT2D eigenvalue weighted by molar-refractivity contribution is -0.220. The summed E-state index contributed by atoms with van der Waals surface area (Å²) in [4.78, 5) is 10.5. The third-order valence-corrected chi connectivity index (χ3v) is 2.38. The third-order valence-electron chi connectivity index (χ3n) is 2.38. The minimum absolute atomic E-state index is 0.232. The lowest BCUT2D eigenvalue weighted by Crippen LogP contribution is -2.32. The van der Waals surface area contributed by atoms with Crippen LogP contribution in [0.15, 0.2) is 0 Å². The van der Waals surface area contributed by atoms with Crippen molar-refractivity contribution in [1.82, 2.24) is 0 Å². The molecular weight excluding hydrogens is 229 g/mol. The molecule has 0 bridgehead atoms. The van der Waals surface area contributed by atoms with Gasteiger partial charge in [0.1, 0.15) is 0 Å². The Labute approximate surface area is 90.3 Å². The number of halogens is 3. The van der Waals surface area contributed by atoms with Crippen LogP contribution in [0.25, 0.3) is 0 Å². The van der Waals surface area contributed by atoms with Crippen LogP contribution >= 0.6 is 0 Å². The van der Waals surface area contributed by atoms with Crippen molar-refractivity contribution in [2.75, 3.05) is 6.61 Å². The highest BCUT2D eigenvalue weighted by Crippen LogP contribution is 2.25. The van der Waals surface area contributed by atoms with Gasteiger partial charge in [-0.25, -0.2) is 4.79 Å². The molecule has 0 spiro atoms. The number of carboxylic acid groups (broad SMARTS) is 1. The number of alkyl halides is 3. The van der Waals surface area contributed by atoms with E-state index in [-0.39, 0.29) is 6.61 Å². The largest absolute Gasteiger partial charge is 0.479 e. The zero-order chi connectivity index (χ0) is 12.3. The van der Waals surface area contributed by atoms with Gasteiger partial charge in [0.05, 0.1) is 12.7 Å². The first-order valence-corrected chi connectivity index (χ1v) is 4.87. The van der Waals surface area contributed by atoms with E-state index in [1.807, 2.05) is 0 Å². The molecule has 1 saturated heterocycles. The molecule has 0 radical (unpaired) electrons. The SMILES string of the molecule is CC(OCC1CCC(C(=O)O)O1)C(F)(F)F. The van der Waals surface area contributed by atoms with Crippen molar-refractivity contribution in [2.45, 2.75) is 44.3 Å². The summed E-state index contributed by atoms with van der Waals surface area (Å²) in [5.41, 5.74) is 0. The molecule has 1 aliphatic rings. The van der Waals surface area contributed by atoms with Gasteiger partial charge in [0, 0.05) is 0 Å². The van der Waals surface area contributed by atoms with Crippen LogP contribution in [0.4, 0.5) is 13.2 Å². The van der Waals surface area contributed by atoms with Crippen molar-refractivity contribution in [1.29, 1.82) is 0 Å². The van der Waals surface area contributed by atoms with Crippen LogP contribution in [-0.4, -0.2) is 42.2 Å². The van der Waals surface area contributed by atoms with E-state index in [1.165, 1.54) is 0 Å². The first kappa shape index (κ1) is 13.2. The van der Waals surface area contributed by atoms with Gasteiger partial charge in [-0.15, -0.1) is 0 Å². The topological polar surface area (TPSA) is 55.8 Å². The summed E-state index contributed by atoms with van der Waals surface area (Å²) >= 11 is 0. The third kappa shape index (κ3) is 3.64. The molecule has 0 aromatic rings. The standard InChI is InChI=1S/C9H13F3O4/c1-5(9(10,11)12)15-4-6-2-3-7(16-6)8(13)14/h5-7H,2-4H2,1H3,(H,13,14). The molecule has 3 unspecified atom stereocenters. The van der Waals surface area contributed by atoms with E-state index in [2.05, 4.69) is 4.74 Å². The molecular formula is C9H13F3O4. The van der Waals surface area contributed by atoms with Gasteiger partial charge in [-0.1, -0.05) is 0 Å². The van der Waals surface area contributed by atoms with E-state index in [1.54, 1.807) is 0 Å². The van der Waals surface area contributed by atoms with Crippen molar-refractivity contribution in [3.63, 3.8) is 0 Å². The number of aliphatic carboxylic acids is 1. The molecule has 7 heteroatoms. The number of carboxylic acids is 1. The Morgan fingerprint density at radius 2 is 2.19 bits per heavy atom. The minimum atomic E-state index is -4.40. The van der Waals surface area contributed by atoms with Crippen LogP contribution < -0.4 is 0 Å². The maximum absolute atomic E-state index is 12.1. The second kappa shape index (κ2) is 5.01. The van der Waals surface area contributed by atoms with Crippen LogP contribution in [0.3, 0.4) is 0 Å². The second-order valence-corrected chi connectivity index (χ2v) is 3.68. The average Bonchev–Trinajstić information content (AvgIpc) is 2.60. The summed E-state index contributed by atoms with van der Waals surface area (Å²) < 4.78 is 45.8. The molecule has 0 saturated carbocycles. The highest BCUT2D eigenvalue weighted by molar-refractivity contribution is 5.72. The van der Waals surface area contributed by atoms with Crippen molar-refractivity contribution in [3.05, 3.63) is 0 Å². The lowest BCUT2D eigenvalue weighted by Gasteiger charge is -2.18. The number of carbonyl (C=O) groups is 1. The maximum Gasteiger partial charge on any atom is 0.414 e. The van der Waals surface area contributed by atoms with Crippen LogP contribution in [0.2, 0.25) is 0 Å². The molecule has 0 aromatic heterocycles. The van der Waals surface area contributed by atoms with E-state index in [4.69, 9.17) is 9.84 Å². The molecule has 1 N–H and O–H groups in total. The Balaban J connectivity index is 2.28. The molecule has 94 valence electrons. The zero-order valence-electron chi connectivity index (χ0n) is 8.66. The van der Waals surface area contributed by atoms with E-state index < -0.39 is 30.5 Å². The fourth-order valence-corrected chi connectivity index (χ4v) is 1.36. The molecule has 0 amide bonds. The average molecular weight is 242 g/mol. The van der Waals surface area contributed by atoms with Gasteiger partial charge in [0.2, 0.25) is 0 Å². The minimum Gasteiger partial charge on any atom is -0.479 e. The van der Waals surface area contributed by atoms with Crippen molar-refractivity contribution >= 4 is 5.97 Å². The Bertz CT molecular complexity index is 254. The zero-order valence-corrected chi connectivity index (χ0v) is 8.66. The van der Waals surface area contributed by atoms with E-state index in [9.17, 15) is 18.0 Å². The molecule has 0 aliphatic carbocycles. The summed E-state index contributed by atoms with van der Waals surface area (Å²) in [5.74, 6) is -1.09. The number of ether oxygens (including phenoxy) is 2. The van der Waals surface area contributed by atoms with Gasteiger partial charge in [-0.05, 0) is 19.8 Å². The van der Waals surface area contributed by atoms with Crippen molar-refractivity contribution < 1.29 is 32.5 Å². The monoisotopic (exact) mass is 242 g/mol. The van der Waals surface area contributed by atoms with Gasteiger partial charge in [-0.2, -0.15) is 13.2 Å². The summed E-state index contributed by atoms with van der Waals surface area (Å²) in [6.45, 7) is 0.675. The Hall–Kier alpha value is -0.820. The predicted molar refractivity (Wildman–Crippen MR) is 47.0 cm³/mol. The first-order chi connectivity index (χ1) is 7.30. The molecule has 16 heavy (non-hydrogen) atoms. The number of hydrogen-bond donors (Lipinski definition) is 1. The smallest absolute Gasteiger partial charge is 0.414 e. The number of rotatable bonds is 4. The van der Waals surface area contributed by atoms with Crippen molar-refractivity contribution in [3.8, 4) is 0 Å². The van der Waals surface area contributed by atoms with E-state index in [0.717, 1.165) is 6.92 Å². The second-order valence-electron chi connectivity index (χ2n) is 3.68. The quantitative estimate of drug-likeness (QED) is 0.813. The molecule has 4 nitrogen and oxygen atoms in total. The van der Waals surface area contributed by atoms with Crippen LogP contribution in [0, 0.1) is 0 Å².